The zero-order chi connectivity index (χ0) is 19.8. The highest BCUT2D eigenvalue weighted by molar-refractivity contribution is 5.96. The summed E-state index contributed by atoms with van der Waals surface area (Å²) < 4.78 is -0.886. The van der Waals surface area contributed by atoms with Crippen molar-refractivity contribution < 1.29 is 4.79 Å². The van der Waals surface area contributed by atoms with Gasteiger partial charge in [0.1, 0.15) is 11.9 Å². The zero-order valence-corrected chi connectivity index (χ0v) is 15.8. The molecule has 2 aromatic heterocycles. The van der Waals surface area contributed by atoms with Gasteiger partial charge in [-0.05, 0) is 48.2 Å². The number of pyridine rings is 2. The lowest BCUT2D eigenvalue weighted by atomic mass is 10.00. The van der Waals surface area contributed by atoms with E-state index in [2.05, 4.69) is 15.3 Å². The van der Waals surface area contributed by atoms with Crippen molar-refractivity contribution in [2.75, 3.05) is 0 Å². The van der Waals surface area contributed by atoms with Crippen molar-refractivity contribution in [3.63, 3.8) is 0 Å². The molecule has 29 heavy (non-hydrogen) atoms. The molecule has 0 spiro atoms. The first-order valence-electron chi connectivity index (χ1n) is 9.71. The summed E-state index contributed by atoms with van der Waals surface area (Å²) in [6.45, 7) is 0. The van der Waals surface area contributed by atoms with Crippen molar-refractivity contribution in [3.8, 4) is 11.1 Å². The number of hydroxylamine groups is 1. The van der Waals surface area contributed by atoms with Gasteiger partial charge in [-0.25, -0.2) is 4.98 Å². The second kappa shape index (κ2) is 6.92. The van der Waals surface area contributed by atoms with Gasteiger partial charge in [-0.15, -0.1) is 0 Å². The summed E-state index contributed by atoms with van der Waals surface area (Å²) in [7, 11) is 0. The first kappa shape index (κ1) is 17.7. The van der Waals surface area contributed by atoms with Crippen LogP contribution < -0.4 is 9.96 Å². The largest absolute Gasteiger partial charge is 0.616 e. The van der Waals surface area contributed by atoms with E-state index in [1.807, 2.05) is 36.4 Å². The van der Waals surface area contributed by atoms with Gasteiger partial charge in [0.25, 0.3) is 5.91 Å². The highest BCUT2D eigenvalue weighted by Gasteiger charge is 2.35. The van der Waals surface area contributed by atoms with Gasteiger partial charge in [-0.2, -0.15) is 0 Å². The third-order valence-electron chi connectivity index (χ3n) is 5.35. The average molecular weight is 384 g/mol. The summed E-state index contributed by atoms with van der Waals surface area (Å²) in [5.74, 6) is 0.244. The normalized spacial score (nSPS) is 20.5. The minimum atomic E-state index is -0.886. The van der Waals surface area contributed by atoms with Crippen LogP contribution in [0.5, 0.6) is 0 Å². The molecule has 3 heterocycles. The molecule has 2 aliphatic rings. The fourth-order valence-electron chi connectivity index (χ4n) is 3.68. The van der Waals surface area contributed by atoms with Crippen LogP contribution in [-0.4, -0.2) is 21.9 Å². The number of hydrogen-bond acceptors (Lipinski definition) is 4. The van der Waals surface area contributed by atoms with Crippen LogP contribution in [-0.2, 0) is 11.2 Å². The van der Waals surface area contributed by atoms with Gasteiger partial charge in [0.15, 0.2) is 0 Å². The number of carbonyl (C=O) groups is 1. The summed E-state index contributed by atoms with van der Waals surface area (Å²) in [6.07, 6.45) is 8.99. The lowest BCUT2D eigenvalue weighted by Gasteiger charge is -2.40. The highest BCUT2D eigenvalue weighted by atomic mass is 16.5. The standard InChI is InChI=1S/C23H20N4O2/c28-23(26-20-6-7-20)19-13-18-4-2-10-25-22(18)27(29,15-19)21-5-1-3-17(14-21)16-8-11-24-12-9-16/h1-5,8-12,14-15,20H,6-7,13H2,(H,26,28). The van der Waals surface area contributed by atoms with Crippen LogP contribution in [0.3, 0.4) is 0 Å². The predicted octanol–water partition coefficient (Wildman–Crippen LogP) is 4.00. The van der Waals surface area contributed by atoms with Crippen LogP contribution in [0.15, 0.2) is 78.9 Å². The van der Waals surface area contributed by atoms with Gasteiger partial charge in [-0.3, -0.25) is 14.4 Å². The molecule has 1 unspecified atom stereocenters. The van der Waals surface area contributed by atoms with Gasteiger partial charge >= 0.3 is 0 Å². The second-order valence-electron chi connectivity index (χ2n) is 7.51. The molecule has 1 aromatic carbocycles. The number of amides is 1. The first-order valence-corrected chi connectivity index (χ1v) is 9.71. The van der Waals surface area contributed by atoms with Gasteiger partial charge < -0.3 is 10.5 Å². The molecule has 1 fully saturated rings. The summed E-state index contributed by atoms with van der Waals surface area (Å²) in [5.41, 5.74) is 3.67. The maximum atomic E-state index is 14.2. The van der Waals surface area contributed by atoms with Crippen molar-refractivity contribution in [1.82, 2.24) is 19.9 Å². The second-order valence-corrected chi connectivity index (χ2v) is 7.51. The molecule has 5 rings (SSSR count). The van der Waals surface area contributed by atoms with E-state index in [1.54, 1.807) is 30.7 Å². The molecule has 1 aliphatic heterocycles. The first-order chi connectivity index (χ1) is 14.1. The molecule has 1 atom stereocenters. The topological polar surface area (TPSA) is 77.9 Å². The fourth-order valence-corrected chi connectivity index (χ4v) is 3.68. The van der Waals surface area contributed by atoms with Gasteiger partial charge in [0.2, 0.25) is 5.82 Å². The molecule has 0 saturated heterocycles. The number of nitrogens with zero attached hydrogens (tertiary/aromatic N) is 3. The molecule has 0 bridgehead atoms. The van der Waals surface area contributed by atoms with Gasteiger partial charge in [0.05, 0.1) is 5.57 Å². The Morgan fingerprint density at radius 2 is 1.86 bits per heavy atom. The number of rotatable bonds is 4. The Morgan fingerprint density at radius 1 is 1.03 bits per heavy atom. The van der Waals surface area contributed by atoms with Crippen LogP contribution in [0.1, 0.15) is 18.4 Å². The van der Waals surface area contributed by atoms with Crippen LogP contribution in [0.25, 0.3) is 11.1 Å². The molecule has 144 valence electrons. The summed E-state index contributed by atoms with van der Waals surface area (Å²) >= 11 is 0. The maximum absolute atomic E-state index is 14.2. The van der Waals surface area contributed by atoms with Crippen LogP contribution in [0, 0.1) is 5.21 Å². The van der Waals surface area contributed by atoms with E-state index in [1.165, 1.54) is 6.20 Å². The Bertz CT molecular complexity index is 1110. The predicted molar refractivity (Wildman–Crippen MR) is 112 cm³/mol. The van der Waals surface area contributed by atoms with E-state index in [9.17, 15) is 10.0 Å². The van der Waals surface area contributed by atoms with Crippen molar-refractivity contribution >= 4 is 17.4 Å². The fraction of sp³-hybridized carbons (Fsp3) is 0.174. The monoisotopic (exact) mass is 384 g/mol. The molecular weight excluding hydrogens is 364 g/mol. The maximum Gasteiger partial charge on any atom is 0.253 e. The van der Waals surface area contributed by atoms with Crippen LogP contribution in [0.2, 0.25) is 0 Å². The number of benzene rings is 1. The Balaban J connectivity index is 1.61. The van der Waals surface area contributed by atoms with Crippen molar-refractivity contribution in [2.24, 2.45) is 0 Å². The quantitative estimate of drug-likeness (QED) is 0.545. The average Bonchev–Trinajstić information content (AvgIpc) is 3.58. The Morgan fingerprint density at radius 3 is 2.66 bits per heavy atom. The molecule has 6 nitrogen and oxygen atoms in total. The van der Waals surface area contributed by atoms with Gasteiger partial charge in [-0.1, -0.05) is 12.1 Å². The van der Waals surface area contributed by atoms with Crippen molar-refractivity contribution in [2.45, 2.75) is 25.3 Å². The molecule has 1 amide bonds. The number of aromatic nitrogens is 2. The van der Waals surface area contributed by atoms with E-state index in [-0.39, 0.29) is 11.9 Å². The minimum Gasteiger partial charge on any atom is -0.616 e. The van der Waals surface area contributed by atoms with E-state index < -0.39 is 4.65 Å². The van der Waals surface area contributed by atoms with Crippen LogP contribution >= 0.6 is 0 Å². The Labute approximate surface area is 168 Å². The van der Waals surface area contributed by atoms with E-state index in [0.29, 0.717) is 23.5 Å². The minimum absolute atomic E-state index is 0.161. The lowest BCUT2D eigenvalue weighted by molar-refractivity contribution is -0.117. The number of hydrogen-bond donors (Lipinski definition) is 1. The Kier molecular flexibility index (Phi) is 4.23. The Hall–Kier alpha value is -3.35. The van der Waals surface area contributed by atoms with E-state index in [0.717, 1.165) is 29.5 Å². The summed E-state index contributed by atoms with van der Waals surface area (Å²) in [4.78, 5) is 21.2. The number of nitrogens with one attached hydrogen (secondary N) is 1. The van der Waals surface area contributed by atoms with E-state index >= 15 is 0 Å². The third-order valence-corrected chi connectivity index (χ3v) is 5.35. The third kappa shape index (κ3) is 3.33. The molecule has 0 radical (unpaired) electrons. The molecule has 6 heteroatoms. The van der Waals surface area contributed by atoms with Crippen LogP contribution in [0.4, 0.5) is 11.5 Å². The molecule has 1 saturated carbocycles. The molecule has 1 aliphatic carbocycles. The zero-order valence-electron chi connectivity index (χ0n) is 15.8. The van der Waals surface area contributed by atoms with Crippen molar-refractivity contribution in [1.29, 1.82) is 0 Å². The molecule has 1 N–H and O–H groups in total. The van der Waals surface area contributed by atoms with E-state index in [4.69, 9.17) is 0 Å². The van der Waals surface area contributed by atoms with Gasteiger partial charge in [0, 0.05) is 48.7 Å². The smallest absolute Gasteiger partial charge is 0.253 e. The number of fused-ring (bicyclic) bond motifs is 1. The SMILES string of the molecule is O=C(NC1CC1)C1=C[N+]([O-])(c2cccc(-c3ccncc3)c2)c2ncccc2C1. The molecular formula is C23H20N4O2. The summed E-state index contributed by atoms with van der Waals surface area (Å²) in [5, 5.41) is 17.1. The van der Waals surface area contributed by atoms with Crippen molar-refractivity contribution in [3.05, 3.63) is 89.7 Å². The highest BCUT2D eigenvalue weighted by Crippen LogP contribution is 2.41. The lowest BCUT2D eigenvalue weighted by Crippen LogP contribution is -2.39. The molecule has 3 aromatic rings. The number of quaternary nitrogens is 1. The number of carbonyl (C=O) groups excluding carboxylic acids is 1. The summed E-state index contributed by atoms with van der Waals surface area (Å²) in [6, 6.07) is 15.2.